The molecule has 2 unspecified atom stereocenters. The van der Waals surface area contributed by atoms with E-state index in [9.17, 15) is 4.39 Å². The van der Waals surface area contributed by atoms with Crippen LogP contribution in [-0.2, 0) is 6.54 Å². The van der Waals surface area contributed by atoms with E-state index in [1.54, 1.807) is 0 Å². The van der Waals surface area contributed by atoms with Gasteiger partial charge in [0.2, 0.25) is 0 Å². The van der Waals surface area contributed by atoms with Gasteiger partial charge in [0.25, 0.3) is 0 Å². The van der Waals surface area contributed by atoms with Crippen LogP contribution in [0.1, 0.15) is 30.1 Å². The van der Waals surface area contributed by atoms with E-state index in [2.05, 4.69) is 11.9 Å². The normalized spacial score (nSPS) is 23.6. The molecule has 17 heavy (non-hydrogen) atoms. The van der Waals surface area contributed by atoms with Gasteiger partial charge in [-0.1, -0.05) is 24.3 Å². The quantitative estimate of drug-likeness (QED) is 0.873. The van der Waals surface area contributed by atoms with E-state index in [1.165, 1.54) is 0 Å². The summed E-state index contributed by atoms with van der Waals surface area (Å²) in [5, 5.41) is 0. The fourth-order valence-electron chi connectivity index (χ4n) is 2.55. The summed E-state index contributed by atoms with van der Waals surface area (Å²) < 4.78 is 14.4. The van der Waals surface area contributed by atoms with Crippen LogP contribution in [0.5, 0.6) is 0 Å². The number of rotatable bonds is 3. The Balaban J connectivity index is 2.04. The average Bonchev–Trinajstić information content (AvgIpc) is 2.38. The summed E-state index contributed by atoms with van der Waals surface area (Å²) >= 11 is 0. The summed E-state index contributed by atoms with van der Waals surface area (Å²) in [4.78, 5) is 2.22. The second kappa shape index (κ2) is 5.61. The summed E-state index contributed by atoms with van der Waals surface area (Å²) in [5.41, 5.74) is 7.39. The molecule has 1 fully saturated rings. The lowest BCUT2D eigenvalue weighted by atomic mass is 9.89. The van der Waals surface area contributed by atoms with E-state index in [4.69, 9.17) is 5.73 Å². The average molecular weight is 236 g/mol. The van der Waals surface area contributed by atoms with Gasteiger partial charge in [0.1, 0.15) is 6.17 Å². The fourth-order valence-corrected chi connectivity index (χ4v) is 2.55. The SMILES string of the molecule is CN1CCCC(C(F)c2ccc(CN)cc2)C1. The lowest BCUT2D eigenvalue weighted by Crippen LogP contribution is -2.34. The highest BCUT2D eigenvalue weighted by Gasteiger charge is 2.26. The van der Waals surface area contributed by atoms with Crippen LogP contribution < -0.4 is 5.73 Å². The van der Waals surface area contributed by atoms with Crippen molar-refractivity contribution in [2.45, 2.75) is 25.6 Å². The molecule has 0 radical (unpaired) electrons. The molecule has 2 N–H and O–H groups in total. The van der Waals surface area contributed by atoms with Crippen molar-refractivity contribution in [2.75, 3.05) is 20.1 Å². The number of nitrogens with zero attached hydrogens (tertiary/aromatic N) is 1. The Morgan fingerprint density at radius 2 is 2.12 bits per heavy atom. The first kappa shape index (κ1) is 12.5. The molecule has 3 heteroatoms. The van der Waals surface area contributed by atoms with Crippen LogP contribution in [0, 0.1) is 5.92 Å². The largest absolute Gasteiger partial charge is 0.326 e. The molecule has 2 atom stereocenters. The number of hydrogen-bond donors (Lipinski definition) is 1. The van der Waals surface area contributed by atoms with Gasteiger partial charge in [0.05, 0.1) is 0 Å². The van der Waals surface area contributed by atoms with Crippen molar-refractivity contribution in [1.82, 2.24) is 4.90 Å². The molecule has 0 spiro atoms. The Morgan fingerprint density at radius 3 is 2.71 bits per heavy atom. The maximum Gasteiger partial charge on any atom is 0.129 e. The highest BCUT2D eigenvalue weighted by atomic mass is 19.1. The Bertz CT molecular complexity index is 350. The van der Waals surface area contributed by atoms with Crippen LogP contribution >= 0.6 is 0 Å². The number of likely N-dealkylation sites (tertiary alicyclic amines) is 1. The van der Waals surface area contributed by atoms with E-state index in [0.717, 1.165) is 37.1 Å². The van der Waals surface area contributed by atoms with Crippen molar-refractivity contribution in [3.63, 3.8) is 0 Å². The second-order valence-electron chi connectivity index (χ2n) is 5.01. The molecule has 1 aromatic rings. The zero-order valence-corrected chi connectivity index (χ0v) is 10.4. The fraction of sp³-hybridized carbons (Fsp3) is 0.571. The third-order valence-electron chi connectivity index (χ3n) is 3.61. The van der Waals surface area contributed by atoms with Crippen LogP contribution in [0.2, 0.25) is 0 Å². The first-order chi connectivity index (χ1) is 8.20. The number of benzene rings is 1. The van der Waals surface area contributed by atoms with E-state index in [0.29, 0.717) is 6.54 Å². The molecule has 0 amide bonds. The predicted molar refractivity (Wildman–Crippen MR) is 68.4 cm³/mol. The van der Waals surface area contributed by atoms with Crippen LogP contribution in [0.15, 0.2) is 24.3 Å². The third kappa shape index (κ3) is 3.05. The zero-order chi connectivity index (χ0) is 12.3. The van der Waals surface area contributed by atoms with Crippen LogP contribution in [-0.4, -0.2) is 25.0 Å². The van der Waals surface area contributed by atoms with E-state index in [1.807, 2.05) is 24.3 Å². The number of hydrogen-bond acceptors (Lipinski definition) is 2. The second-order valence-corrected chi connectivity index (χ2v) is 5.01. The number of halogens is 1. The molecule has 1 aliphatic rings. The summed E-state index contributed by atoms with van der Waals surface area (Å²) in [6.45, 7) is 2.47. The van der Waals surface area contributed by atoms with Gasteiger partial charge >= 0.3 is 0 Å². The summed E-state index contributed by atoms with van der Waals surface area (Å²) in [6, 6.07) is 7.60. The maximum atomic E-state index is 14.4. The summed E-state index contributed by atoms with van der Waals surface area (Å²) in [5.74, 6) is 0.137. The van der Waals surface area contributed by atoms with Gasteiger partial charge in [0.15, 0.2) is 0 Å². The molecule has 1 aromatic carbocycles. The Labute approximate surface area is 103 Å². The van der Waals surface area contributed by atoms with Crippen LogP contribution in [0.4, 0.5) is 4.39 Å². The molecule has 1 aliphatic heterocycles. The maximum absolute atomic E-state index is 14.4. The van der Waals surface area contributed by atoms with Crippen molar-refractivity contribution < 1.29 is 4.39 Å². The van der Waals surface area contributed by atoms with E-state index < -0.39 is 6.17 Å². The van der Waals surface area contributed by atoms with Gasteiger partial charge in [-0.3, -0.25) is 0 Å². The summed E-state index contributed by atoms with van der Waals surface area (Å²) in [6.07, 6.45) is 1.25. The van der Waals surface area contributed by atoms with Crippen LogP contribution in [0.25, 0.3) is 0 Å². The first-order valence-corrected chi connectivity index (χ1v) is 6.32. The monoisotopic (exact) mass is 236 g/mol. The molecule has 0 saturated carbocycles. The molecule has 2 nitrogen and oxygen atoms in total. The summed E-state index contributed by atoms with van der Waals surface area (Å²) in [7, 11) is 2.07. The highest BCUT2D eigenvalue weighted by Crippen LogP contribution is 2.32. The number of piperidine rings is 1. The first-order valence-electron chi connectivity index (χ1n) is 6.32. The lowest BCUT2D eigenvalue weighted by molar-refractivity contribution is 0.126. The number of alkyl halides is 1. The molecule has 0 aromatic heterocycles. The molecule has 94 valence electrons. The predicted octanol–water partition coefficient (Wildman–Crippen LogP) is 2.50. The molecule has 2 rings (SSSR count). The molecule has 1 saturated heterocycles. The topological polar surface area (TPSA) is 29.3 Å². The highest BCUT2D eigenvalue weighted by molar-refractivity contribution is 5.24. The van der Waals surface area contributed by atoms with Gasteiger partial charge < -0.3 is 10.6 Å². The number of nitrogens with two attached hydrogens (primary N) is 1. The Kier molecular flexibility index (Phi) is 4.13. The van der Waals surface area contributed by atoms with Crippen LogP contribution in [0.3, 0.4) is 0 Å². The molecule has 1 heterocycles. The van der Waals surface area contributed by atoms with Crippen molar-refractivity contribution >= 4 is 0 Å². The van der Waals surface area contributed by atoms with Gasteiger partial charge in [-0.2, -0.15) is 0 Å². The van der Waals surface area contributed by atoms with Gasteiger partial charge in [-0.05, 0) is 37.6 Å². The van der Waals surface area contributed by atoms with Crippen molar-refractivity contribution in [3.05, 3.63) is 35.4 Å². The van der Waals surface area contributed by atoms with Gasteiger partial charge in [-0.15, -0.1) is 0 Å². The van der Waals surface area contributed by atoms with Crippen molar-refractivity contribution in [3.8, 4) is 0 Å². The minimum Gasteiger partial charge on any atom is -0.326 e. The Hall–Kier alpha value is -0.930. The lowest BCUT2D eigenvalue weighted by Gasteiger charge is -2.31. The minimum absolute atomic E-state index is 0.137. The van der Waals surface area contributed by atoms with Gasteiger partial charge in [0, 0.05) is 19.0 Å². The molecule has 0 bridgehead atoms. The molecule has 0 aliphatic carbocycles. The van der Waals surface area contributed by atoms with Crippen molar-refractivity contribution in [1.29, 1.82) is 0 Å². The minimum atomic E-state index is -0.843. The third-order valence-corrected chi connectivity index (χ3v) is 3.61. The van der Waals surface area contributed by atoms with Crippen molar-refractivity contribution in [2.24, 2.45) is 11.7 Å². The van der Waals surface area contributed by atoms with E-state index in [-0.39, 0.29) is 5.92 Å². The van der Waals surface area contributed by atoms with E-state index >= 15 is 0 Å². The molecular weight excluding hydrogens is 215 g/mol. The molecular formula is C14H21FN2. The van der Waals surface area contributed by atoms with Gasteiger partial charge in [-0.25, -0.2) is 4.39 Å². The zero-order valence-electron chi connectivity index (χ0n) is 10.4. The Morgan fingerprint density at radius 1 is 1.41 bits per heavy atom. The smallest absolute Gasteiger partial charge is 0.129 e. The standard InChI is InChI=1S/C14H21FN2/c1-17-8-2-3-13(10-17)14(15)12-6-4-11(9-16)5-7-12/h4-7,13-14H,2-3,8-10,16H2,1H3.